The first-order chi connectivity index (χ1) is 12.1. The molecule has 0 heterocycles. The van der Waals surface area contributed by atoms with E-state index in [0.29, 0.717) is 6.54 Å². The van der Waals surface area contributed by atoms with Gasteiger partial charge in [0.25, 0.3) is 5.91 Å². The number of aryl methyl sites for hydroxylation is 2. The fourth-order valence-electron chi connectivity index (χ4n) is 2.54. The molecule has 0 fully saturated rings. The minimum atomic E-state index is -3.70. The number of sulfonamides is 1. The van der Waals surface area contributed by atoms with Crippen LogP contribution < -0.4 is 10.0 Å². The van der Waals surface area contributed by atoms with E-state index in [1.807, 2.05) is 32.0 Å². The number of carbonyl (C=O) groups is 1. The van der Waals surface area contributed by atoms with Gasteiger partial charge in [-0.25, -0.2) is 13.1 Å². The molecule has 0 spiro atoms. The Morgan fingerprint density at radius 2 is 1.81 bits per heavy atom. The summed E-state index contributed by atoms with van der Waals surface area (Å²) in [6.45, 7) is 7.77. The van der Waals surface area contributed by atoms with Crippen LogP contribution in [0.25, 0.3) is 0 Å². The van der Waals surface area contributed by atoms with E-state index >= 15 is 0 Å². The summed E-state index contributed by atoms with van der Waals surface area (Å²) in [4.78, 5) is 12.5. The van der Waals surface area contributed by atoms with E-state index < -0.39 is 15.9 Å². The SMILES string of the molecule is Cc1ccc(CNC(=O)c2cc(S(=O)(=O)NC(C)C)ccc2Cl)c(C)c1. The maximum atomic E-state index is 12.5. The molecule has 2 rings (SSSR count). The third-order valence-corrected chi connectivity index (χ3v) is 5.81. The number of hydrogen-bond donors (Lipinski definition) is 2. The number of carbonyl (C=O) groups excluding carboxylic acids is 1. The molecule has 1 amide bonds. The van der Waals surface area contributed by atoms with Gasteiger partial charge in [-0.1, -0.05) is 35.4 Å². The second-order valence-electron chi connectivity index (χ2n) is 6.53. The zero-order valence-electron chi connectivity index (χ0n) is 15.3. The average molecular weight is 395 g/mol. The van der Waals surface area contributed by atoms with Gasteiger partial charge in [0.05, 0.1) is 15.5 Å². The van der Waals surface area contributed by atoms with Crippen LogP contribution in [0.3, 0.4) is 0 Å². The largest absolute Gasteiger partial charge is 0.348 e. The van der Waals surface area contributed by atoms with Gasteiger partial charge in [0.15, 0.2) is 0 Å². The molecule has 2 aromatic carbocycles. The summed E-state index contributed by atoms with van der Waals surface area (Å²) in [5.41, 5.74) is 3.35. The molecule has 0 saturated carbocycles. The molecule has 0 saturated heterocycles. The number of halogens is 1. The van der Waals surface area contributed by atoms with Gasteiger partial charge in [-0.2, -0.15) is 0 Å². The highest BCUT2D eigenvalue weighted by Gasteiger charge is 2.19. The zero-order chi connectivity index (χ0) is 19.5. The molecule has 0 aliphatic heterocycles. The third-order valence-electron chi connectivity index (χ3n) is 3.82. The number of amides is 1. The lowest BCUT2D eigenvalue weighted by molar-refractivity contribution is 0.0951. The molecular formula is C19H23ClN2O3S. The molecule has 0 aromatic heterocycles. The molecule has 140 valence electrons. The van der Waals surface area contributed by atoms with Gasteiger partial charge in [0.1, 0.15) is 0 Å². The normalized spacial score (nSPS) is 11.6. The molecule has 0 radical (unpaired) electrons. The van der Waals surface area contributed by atoms with Crippen molar-refractivity contribution in [1.82, 2.24) is 10.0 Å². The third kappa shape index (κ3) is 5.06. The van der Waals surface area contributed by atoms with Gasteiger partial charge in [0, 0.05) is 12.6 Å². The molecule has 0 unspecified atom stereocenters. The Bertz CT molecular complexity index is 924. The maximum Gasteiger partial charge on any atom is 0.253 e. The van der Waals surface area contributed by atoms with Crippen LogP contribution in [0.4, 0.5) is 0 Å². The van der Waals surface area contributed by atoms with Crippen LogP contribution >= 0.6 is 11.6 Å². The fourth-order valence-corrected chi connectivity index (χ4v) is 4.02. The van der Waals surface area contributed by atoms with Crippen molar-refractivity contribution in [1.29, 1.82) is 0 Å². The minimum Gasteiger partial charge on any atom is -0.348 e. The highest BCUT2D eigenvalue weighted by atomic mass is 35.5. The highest BCUT2D eigenvalue weighted by Crippen LogP contribution is 2.21. The molecular weight excluding hydrogens is 372 g/mol. The summed E-state index contributed by atoms with van der Waals surface area (Å²) in [6, 6.07) is 9.82. The van der Waals surface area contributed by atoms with Crippen LogP contribution in [0.15, 0.2) is 41.3 Å². The van der Waals surface area contributed by atoms with E-state index in [4.69, 9.17) is 11.6 Å². The predicted molar refractivity (Wildman–Crippen MR) is 104 cm³/mol. The first kappa shape index (κ1) is 20.4. The van der Waals surface area contributed by atoms with Crippen LogP contribution in [-0.2, 0) is 16.6 Å². The van der Waals surface area contributed by atoms with Crippen molar-refractivity contribution in [2.45, 2.75) is 45.2 Å². The first-order valence-electron chi connectivity index (χ1n) is 8.26. The minimum absolute atomic E-state index is 0.00673. The Morgan fingerprint density at radius 3 is 2.42 bits per heavy atom. The van der Waals surface area contributed by atoms with E-state index in [0.717, 1.165) is 16.7 Å². The summed E-state index contributed by atoms with van der Waals surface area (Å²) < 4.78 is 27.1. The zero-order valence-corrected chi connectivity index (χ0v) is 16.8. The molecule has 2 aromatic rings. The monoisotopic (exact) mass is 394 g/mol. The summed E-state index contributed by atoms with van der Waals surface area (Å²) in [5, 5.41) is 3.00. The number of rotatable bonds is 6. The summed E-state index contributed by atoms with van der Waals surface area (Å²) in [7, 11) is -3.70. The topological polar surface area (TPSA) is 75.3 Å². The van der Waals surface area contributed by atoms with E-state index in [2.05, 4.69) is 10.0 Å². The Labute approximate surface area is 159 Å². The lowest BCUT2D eigenvalue weighted by Crippen LogP contribution is -2.30. The van der Waals surface area contributed by atoms with Crippen molar-refractivity contribution in [3.8, 4) is 0 Å². The second kappa shape index (κ2) is 8.20. The Morgan fingerprint density at radius 1 is 1.12 bits per heavy atom. The molecule has 26 heavy (non-hydrogen) atoms. The standard InChI is InChI=1S/C19H23ClN2O3S/c1-12(2)22-26(24,25)16-7-8-18(20)17(10-16)19(23)21-11-15-6-5-13(3)9-14(15)4/h5-10,12,22H,11H2,1-4H3,(H,21,23). The van der Waals surface area contributed by atoms with Crippen LogP contribution in [0.2, 0.25) is 5.02 Å². The van der Waals surface area contributed by atoms with Gasteiger partial charge in [-0.05, 0) is 57.0 Å². The molecule has 2 N–H and O–H groups in total. The van der Waals surface area contributed by atoms with Crippen LogP contribution in [0.1, 0.15) is 40.9 Å². The summed E-state index contributed by atoms with van der Waals surface area (Å²) in [6.07, 6.45) is 0. The fraction of sp³-hybridized carbons (Fsp3) is 0.316. The van der Waals surface area contributed by atoms with Crippen molar-refractivity contribution in [3.63, 3.8) is 0 Å². The van der Waals surface area contributed by atoms with E-state index in [1.54, 1.807) is 13.8 Å². The van der Waals surface area contributed by atoms with Gasteiger partial charge < -0.3 is 5.32 Å². The Hall–Kier alpha value is -1.89. The Balaban J connectivity index is 2.22. The predicted octanol–water partition coefficient (Wildman–Crippen LogP) is 3.57. The van der Waals surface area contributed by atoms with Gasteiger partial charge >= 0.3 is 0 Å². The number of nitrogens with one attached hydrogen (secondary N) is 2. The number of hydrogen-bond acceptors (Lipinski definition) is 3. The smallest absolute Gasteiger partial charge is 0.253 e. The lowest BCUT2D eigenvalue weighted by atomic mass is 10.1. The lowest BCUT2D eigenvalue weighted by Gasteiger charge is -2.13. The summed E-state index contributed by atoms with van der Waals surface area (Å²) in [5.74, 6) is -0.420. The van der Waals surface area contributed by atoms with E-state index in [9.17, 15) is 13.2 Å². The van der Waals surface area contributed by atoms with Crippen LogP contribution in [-0.4, -0.2) is 20.4 Å². The van der Waals surface area contributed by atoms with Gasteiger partial charge in [0.2, 0.25) is 10.0 Å². The molecule has 0 atom stereocenters. The average Bonchev–Trinajstić information content (AvgIpc) is 2.52. The van der Waals surface area contributed by atoms with E-state index in [-0.39, 0.29) is 21.5 Å². The van der Waals surface area contributed by atoms with Crippen molar-refractivity contribution in [2.24, 2.45) is 0 Å². The second-order valence-corrected chi connectivity index (χ2v) is 8.65. The van der Waals surface area contributed by atoms with Crippen LogP contribution in [0.5, 0.6) is 0 Å². The quantitative estimate of drug-likeness (QED) is 0.786. The van der Waals surface area contributed by atoms with Crippen molar-refractivity contribution in [2.75, 3.05) is 0 Å². The first-order valence-corrected chi connectivity index (χ1v) is 10.1. The molecule has 0 aliphatic rings. The Kier molecular flexibility index (Phi) is 6.44. The molecule has 5 nitrogen and oxygen atoms in total. The van der Waals surface area contributed by atoms with Crippen molar-refractivity contribution in [3.05, 3.63) is 63.7 Å². The number of benzene rings is 2. The van der Waals surface area contributed by atoms with Gasteiger partial charge in [-0.3, -0.25) is 4.79 Å². The van der Waals surface area contributed by atoms with Gasteiger partial charge in [-0.15, -0.1) is 0 Å². The van der Waals surface area contributed by atoms with Crippen molar-refractivity contribution >= 4 is 27.5 Å². The highest BCUT2D eigenvalue weighted by molar-refractivity contribution is 7.89. The molecule has 0 aliphatic carbocycles. The molecule has 0 bridgehead atoms. The van der Waals surface area contributed by atoms with Crippen molar-refractivity contribution < 1.29 is 13.2 Å². The van der Waals surface area contributed by atoms with Crippen LogP contribution in [0, 0.1) is 13.8 Å². The van der Waals surface area contributed by atoms with E-state index in [1.165, 1.54) is 18.2 Å². The maximum absolute atomic E-state index is 12.5. The molecule has 7 heteroatoms. The summed E-state index contributed by atoms with van der Waals surface area (Å²) >= 11 is 6.10.